The molecule has 18 heavy (non-hydrogen) atoms. The maximum absolute atomic E-state index is 11.4. The van der Waals surface area contributed by atoms with Gasteiger partial charge in [0.25, 0.3) is 0 Å². The standard InChI is InChI=1S/C15H18N2O/c18-14-6-12-5-10(1-2-13(12)17-14)11-3-4-15(7-11)8-16-9-15/h1-2,5,11,16H,3-4,6-9H2,(H,17,18). The Hall–Kier alpha value is -1.35. The van der Waals surface area contributed by atoms with Crippen LogP contribution in [0.5, 0.6) is 0 Å². The Balaban J connectivity index is 1.59. The van der Waals surface area contributed by atoms with Gasteiger partial charge in [-0.3, -0.25) is 4.79 Å². The summed E-state index contributed by atoms with van der Waals surface area (Å²) < 4.78 is 0. The zero-order valence-electron chi connectivity index (χ0n) is 10.5. The van der Waals surface area contributed by atoms with Gasteiger partial charge in [-0.25, -0.2) is 0 Å². The van der Waals surface area contributed by atoms with Gasteiger partial charge >= 0.3 is 0 Å². The topological polar surface area (TPSA) is 41.1 Å². The largest absolute Gasteiger partial charge is 0.326 e. The van der Waals surface area contributed by atoms with Crippen LogP contribution in [0.25, 0.3) is 0 Å². The zero-order chi connectivity index (χ0) is 12.2. The SMILES string of the molecule is O=C1Cc2cc(C3CCC4(CNC4)C3)ccc2N1. The van der Waals surface area contributed by atoms with E-state index in [1.54, 1.807) is 0 Å². The van der Waals surface area contributed by atoms with E-state index in [9.17, 15) is 4.79 Å². The van der Waals surface area contributed by atoms with Crippen molar-refractivity contribution in [3.8, 4) is 0 Å². The van der Waals surface area contributed by atoms with E-state index in [0.29, 0.717) is 17.8 Å². The normalized spacial score (nSPS) is 28.0. The molecule has 3 aliphatic rings. The number of hydrogen-bond acceptors (Lipinski definition) is 2. The molecule has 3 heteroatoms. The molecular formula is C15H18N2O. The lowest BCUT2D eigenvalue weighted by Gasteiger charge is -2.39. The van der Waals surface area contributed by atoms with E-state index in [4.69, 9.17) is 0 Å². The van der Waals surface area contributed by atoms with E-state index in [-0.39, 0.29) is 5.91 Å². The highest BCUT2D eigenvalue weighted by Crippen LogP contribution is 2.49. The molecule has 0 aromatic heterocycles. The number of benzene rings is 1. The van der Waals surface area contributed by atoms with Crippen LogP contribution in [0.4, 0.5) is 5.69 Å². The van der Waals surface area contributed by atoms with Crippen LogP contribution in [0.15, 0.2) is 18.2 Å². The minimum Gasteiger partial charge on any atom is -0.326 e. The number of hydrogen-bond donors (Lipinski definition) is 2. The summed E-state index contributed by atoms with van der Waals surface area (Å²) in [4.78, 5) is 11.4. The highest BCUT2D eigenvalue weighted by Gasteiger charge is 2.43. The molecule has 3 nitrogen and oxygen atoms in total. The molecule has 1 atom stereocenters. The summed E-state index contributed by atoms with van der Waals surface area (Å²) in [6.45, 7) is 2.41. The summed E-state index contributed by atoms with van der Waals surface area (Å²) in [7, 11) is 0. The molecule has 1 aromatic rings. The lowest BCUT2D eigenvalue weighted by Crippen LogP contribution is -2.51. The predicted molar refractivity (Wildman–Crippen MR) is 70.7 cm³/mol. The smallest absolute Gasteiger partial charge is 0.228 e. The quantitative estimate of drug-likeness (QED) is 0.791. The Morgan fingerprint density at radius 2 is 2.17 bits per heavy atom. The van der Waals surface area contributed by atoms with E-state index in [2.05, 4.69) is 28.8 Å². The number of rotatable bonds is 1. The Morgan fingerprint density at radius 3 is 2.89 bits per heavy atom. The Morgan fingerprint density at radius 1 is 1.28 bits per heavy atom. The van der Waals surface area contributed by atoms with Crippen molar-refractivity contribution in [3.05, 3.63) is 29.3 Å². The molecule has 94 valence electrons. The summed E-state index contributed by atoms with van der Waals surface area (Å²) in [5.41, 5.74) is 4.23. The second-order valence-corrected chi connectivity index (χ2v) is 6.18. The van der Waals surface area contributed by atoms with Crippen LogP contribution in [0.3, 0.4) is 0 Å². The van der Waals surface area contributed by atoms with E-state index in [1.165, 1.54) is 43.5 Å². The molecule has 1 aromatic carbocycles. The van der Waals surface area contributed by atoms with Crippen molar-refractivity contribution < 1.29 is 4.79 Å². The first kappa shape index (κ1) is 10.6. The predicted octanol–water partition coefficient (Wildman–Crippen LogP) is 2.04. The van der Waals surface area contributed by atoms with Gasteiger partial charge in [-0.15, -0.1) is 0 Å². The minimum atomic E-state index is 0.133. The highest BCUT2D eigenvalue weighted by molar-refractivity contribution is 5.99. The Kier molecular flexibility index (Phi) is 2.10. The molecule has 1 unspecified atom stereocenters. The van der Waals surface area contributed by atoms with Gasteiger partial charge in [0.15, 0.2) is 0 Å². The molecule has 2 aliphatic heterocycles. The third kappa shape index (κ3) is 1.50. The van der Waals surface area contributed by atoms with Crippen molar-refractivity contribution >= 4 is 11.6 Å². The first-order valence-electron chi connectivity index (χ1n) is 6.88. The first-order chi connectivity index (χ1) is 8.74. The summed E-state index contributed by atoms with van der Waals surface area (Å²) in [6, 6.07) is 6.54. The number of carbonyl (C=O) groups excluding carboxylic acids is 1. The van der Waals surface area contributed by atoms with Gasteiger partial charge in [0.1, 0.15) is 0 Å². The molecule has 1 amide bonds. The van der Waals surface area contributed by atoms with Gasteiger partial charge < -0.3 is 10.6 Å². The van der Waals surface area contributed by atoms with Crippen molar-refractivity contribution in [1.29, 1.82) is 0 Å². The maximum Gasteiger partial charge on any atom is 0.228 e. The molecule has 0 bridgehead atoms. The molecular weight excluding hydrogens is 224 g/mol. The second kappa shape index (κ2) is 3.58. The third-order valence-electron chi connectivity index (χ3n) is 4.93. The van der Waals surface area contributed by atoms with Crippen molar-refractivity contribution in [3.63, 3.8) is 0 Å². The summed E-state index contributed by atoms with van der Waals surface area (Å²) in [6.07, 6.45) is 4.55. The van der Waals surface area contributed by atoms with Gasteiger partial charge in [-0.1, -0.05) is 12.1 Å². The molecule has 1 aliphatic carbocycles. The molecule has 0 radical (unpaired) electrons. The lowest BCUT2D eigenvalue weighted by atomic mass is 9.79. The van der Waals surface area contributed by atoms with Crippen molar-refractivity contribution in [1.82, 2.24) is 5.32 Å². The van der Waals surface area contributed by atoms with E-state index >= 15 is 0 Å². The average molecular weight is 242 g/mol. The maximum atomic E-state index is 11.4. The lowest BCUT2D eigenvalue weighted by molar-refractivity contribution is -0.115. The summed E-state index contributed by atoms with van der Waals surface area (Å²) in [5, 5.41) is 6.31. The molecule has 1 saturated heterocycles. The van der Waals surface area contributed by atoms with Gasteiger partial charge in [0.2, 0.25) is 5.91 Å². The van der Waals surface area contributed by atoms with Crippen LogP contribution in [0.2, 0.25) is 0 Å². The highest BCUT2D eigenvalue weighted by atomic mass is 16.1. The van der Waals surface area contributed by atoms with Crippen LogP contribution in [-0.2, 0) is 11.2 Å². The molecule has 2 fully saturated rings. The summed E-state index contributed by atoms with van der Waals surface area (Å²) >= 11 is 0. The molecule has 2 heterocycles. The van der Waals surface area contributed by atoms with Crippen LogP contribution >= 0.6 is 0 Å². The van der Waals surface area contributed by atoms with Crippen LogP contribution in [0, 0.1) is 5.41 Å². The fraction of sp³-hybridized carbons (Fsp3) is 0.533. The first-order valence-corrected chi connectivity index (χ1v) is 6.88. The number of nitrogens with one attached hydrogen (secondary N) is 2. The molecule has 1 spiro atoms. The van der Waals surface area contributed by atoms with E-state index in [1.807, 2.05) is 0 Å². The minimum absolute atomic E-state index is 0.133. The number of anilines is 1. The van der Waals surface area contributed by atoms with Crippen LogP contribution in [0.1, 0.15) is 36.3 Å². The Labute approximate surface area is 107 Å². The van der Waals surface area contributed by atoms with Gasteiger partial charge in [-0.2, -0.15) is 0 Å². The van der Waals surface area contributed by atoms with E-state index in [0.717, 1.165) is 5.69 Å². The van der Waals surface area contributed by atoms with Gasteiger partial charge in [-0.05, 0) is 47.8 Å². The average Bonchev–Trinajstić information content (AvgIpc) is 2.88. The number of amides is 1. The number of carbonyl (C=O) groups is 1. The van der Waals surface area contributed by atoms with Crippen molar-refractivity contribution in [2.75, 3.05) is 18.4 Å². The number of fused-ring (bicyclic) bond motifs is 1. The molecule has 2 N–H and O–H groups in total. The van der Waals surface area contributed by atoms with Gasteiger partial charge in [0, 0.05) is 18.8 Å². The van der Waals surface area contributed by atoms with Crippen molar-refractivity contribution in [2.45, 2.75) is 31.6 Å². The zero-order valence-corrected chi connectivity index (χ0v) is 10.5. The van der Waals surface area contributed by atoms with Gasteiger partial charge in [0.05, 0.1) is 6.42 Å². The van der Waals surface area contributed by atoms with Crippen LogP contribution < -0.4 is 10.6 Å². The van der Waals surface area contributed by atoms with Crippen LogP contribution in [-0.4, -0.2) is 19.0 Å². The summed E-state index contributed by atoms with van der Waals surface area (Å²) in [5.74, 6) is 0.835. The molecule has 1 saturated carbocycles. The fourth-order valence-electron chi connectivity index (χ4n) is 3.79. The Bertz CT molecular complexity index is 519. The third-order valence-corrected chi connectivity index (χ3v) is 4.93. The molecule has 4 rings (SSSR count). The van der Waals surface area contributed by atoms with E-state index < -0.39 is 0 Å². The second-order valence-electron chi connectivity index (χ2n) is 6.18. The van der Waals surface area contributed by atoms with Crippen molar-refractivity contribution in [2.24, 2.45) is 5.41 Å². The fourth-order valence-corrected chi connectivity index (χ4v) is 3.79. The monoisotopic (exact) mass is 242 g/mol.